The van der Waals surface area contributed by atoms with Crippen molar-refractivity contribution in [2.24, 2.45) is 11.8 Å². The number of carbonyl (C=O) groups is 2. The van der Waals surface area contributed by atoms with Crippen LogP contribution in [0, 0.1) is 11.8 Å². The van der Waals surface area contributed by atoms with E-state index in [0.717, 1.165) is 70.0 Å². The molecular weight excluding hydrogens is 486 g/mol. The highest BCUT2D eigenvalue weighted by Crippen LogP contribution is 2.38. The minimum Gasteiger partial charge on any atom is -0.394 e. The van der Waals surface area contributed by atoms with Crippen molar-refractivity contribution in [2.75, 3.05) is 19.7 Å². The molecule has 1 saturated heterocycles. The Hall–Kier alpha value is -2.70. The van der Waals surface area contributed by atoms with Crippen molar-refractivity contribution in [3.63, 3.8) is 0 Å². The largest absolute Gasteiger partial charge is 0.394 e. The van der Waals surface area contributed by atoms with Gasteiger partial charge in [-0.1, -0.05) is 80.3 Å². The third-order valence-electron chi connectivity index (χ3n) is 9.30. The molecule has 1 heterocycles. The summed E-state index contributed by atoms with van der Waals surface area (Å²) >= 11 is 0. The molecule has 5 rings (SSSR count). The zero-order chi connectivity index (χ0) is 27.0. The van der Waals surface area contributed by atoms with Gasteiger partial charge in [0.15, 0.2) is 0 Å². The number of aliphatic hydroxyl groups excluding tert-OH is 1. The zero-order valence-corrected chi connectivity index (χ0v) is 23.2. The monoisotopic (exact) mass is 531 g/mol. The second-order valence-corrected chi connectivity index (χ2v) is 11.8. The van der Waals surface area contributed by atoms with Crippen molar-refractivity contribution in [1.29, 1.82) is 0 Å². The van der Waals surface area contributed by atoms with E-state index in [-0.39, 0.29) is 36.3 Å². The van der Waals surface area contributed by atoms with E-state index in [4.69, 9.17) is 0 Å². The summed E-state index contributed by atoms with van der Waals surface area (Å²) in [6.07, 6.45) is 10.5. The Labute approximate surface area is 233 Å². The highest BCUT2D eigenvalue weighted by molar-refractivity contribution is 5.80. The Bertz CT molecular complexity index is 1060. The van der Waals surface area contributed by atoms with Gasteiger partial charge < -0.3 is 20.6 Å². The lowest BCUT2D eigenvalue weighted by Crippen LogP contribution is -2.47. The lowest BCUT2D eigenvalue weighted by atomic mass is 9.74. The van der Waals surface area contributed by atoms with Gasteiger partial charge in [-0.25, -0.2) is 0 Å². The summed E-state index contributed by atoms with van der Waals surface area (Å²) in [4.78, 5) is 29.2. The molecule has 2 aromatic carbocycles. The van der Waals surface area contributed by atoms with Crippen LogP contribution in [0.3, 0.4) is 0 Å². The highest BCUT2D eigenvalue weighted by Gasteiger charge is 2.34. The van der Waals surface area contributed by atoms with Gasteiger partial charge in [0.2, 0.25) is 11.8 Å². The summed E-state index contributed by atoms with van der Waals surface area (Å²) < 4.78 is 0. The third kappa shape index (κ3) is 6.90. The van der Waals surface area contributed by atoms with E-state index in [9.17, 15) is 14.7 Å². The quantitative estimate of drug-likeness (QED) is 0.422. The van der Waals surface area contributed by atoms with E-state index in [2.05, 4.69) is 39.8 Å². The van der Waals surface area contributed by atoms with Crippen molar-refractivity contribution in [3.05, 3.63) is 71.3 Å². The van der Waals surface area contributed by atoms with Crippen molar-refractivity contribution in [1.82, 2.24) is 15.5 Å². The first-order valence-corrected chi connectivity index (χ1v) is 15.2. The zero-order valence-electron chi connectivity index (χ0n) is 23.2. The molecule has 2 aliphatic carbocycles. The van der Waals surface area contributed by atoms with Gasteiger partial charge in [-0.2, -0.15) is 0 Å². The first kappa shape index (κ1) is 27.9. The van der Waals surface area contributed by atoms with E-state index >= 15 is 0 Å². The van der Waals surface area contributed by atoms with Gasteiger partial charge >= 0.3 is 0 Å². The molecule has 2 saturated carbocycles. The lowest BCUT2D eigenvalue weighted by Gasteiger charge is -2.36. The maximum absolute atomic E-state index is 13.5. The number of hydrogen-bond donors (Lipinski definition) is 3. The van der Waals surface area contributed by atoms with Crippen LogP contribution in [0.15, 0.2) is 54.6 Å². The molecule has 210 valence electrons. The van der Waals surface area contributed by atoms with Crippen LogP contribution >= 0.6 is 0 Å². The molecule has 2 aromatic rings. The van der Waals surface area contributed by atoms with Crippen LogP contribution in [0.5, 0.6) is 0 Å². The van der Waals surface area contributed by atoms with Crippen LogP contribution in [-0.4, -0.2) is 47.6 Å². The SMILES string of the molecule is O=C(NC(CO)c1ccccc1)C1CCCCC1c1ccc(CN(C(=O)C2CCCC2)C2CCNCC2)cc1. The average molecular weight is 532 g/mol. The van der Waals surface area contributed by atoms with Crippen LogP contribution in [0.2, 0.25) is 0 Å². The topological polar surface area (TPSA) is 81.7 Å². The molecule has 0 spiro atoms. The predicted molar refractivity (Wildman–Crippen MR) is 154 cm³/mol. The normalized spacial score (nSPS) is 23.3. The summed E-state index contributed by atoms with van der Waals surface area (Å²) in [5, 5.41) is 16.5. The van der Waals surface area contributed by atoms with Crippen LogP contribution in [0.4, 0.5) is 0 Å². The molecule has 39 heavy (non-hydrogen) atoms. The molecule has 3 N–H and O–H groups in total. The molecule has 0 aromatic heterocycles. The number of nitrogens with one attached hydrogen (secondary N) is 2. The molecule has 0 bridgehead atoms. The summed E-state index contributed by atoms with van der Waals surface area (Å²) in [6, 6.07) is 18.4. The van der Waals surface area contributed by atoms with Gasteiger partial charge in [-0.3, -0.25) is 9.59 Å². The molecule has 6 nitrogen and oxygen atoms in total. The van der Waals surface area contributed by atoms with Crippen LogP contribution in [0.1, 0.15) is 92.9 Å². The smallest absolute Gasteiger partial charge is 0.226 e. The molecule has 3 atom stereocenters. The van der Waals surface area contributed by atoms with Gasteiger partial charge in [-0.15, -0.1) is 0 Å². The lowest BCUT2D eigenvalue weighted by molar-refractivity contribution is -0.139. The summed E-state index contributed by atoms with van der Waals surface area (Å²) in [5.41, 5.74) is 3.30. The number of carbonyl (C=O) groups excluding carboxylic acids is 2. The van der Waals surface area contributed by atoms with Crippen molar-refractivity contribution < 1.29 is 14.7 Å². The molecular formula is C33H45N3O3. The van der Waals surface area contributed by atoms with Gasteiger partial charge in [0, 0.05) is 24.4 Å². The molecule has 0 radical (unpaired) electrons. The van der Waals surface area contributed by atoms with E-state index in [1.54, 1.807) is 0 Å². The van der Waals surface area contributed by atoms with E-state index in [1.807, 2.05) is 30.3 Å². The fraction of sp³-hybridized carbons (Fsp3) is 0.576. The van der Waals surface area contributed by atoms with Crippen LogP contribution in [-0.2, 0) is 16.1 Å². The maximum atomic E-state index is 13.5. The van der Waals surface area contributed by atoms with E-state index in [0.29, 0.717) is 18.5 Å². The third-order valence-corrected chi connectivity index (χ3v) is 9.30. The van der Waals surface area contributed by atoms with Gasteiger partial charge in [0.1, 0.15) is 0 Å². The highest BCUT2D eigenvalue weighted by atomic mass is 16.3. The van der Waals surface area contributed by atoms with E-state index < -0.39 is 0 Å². The van der Waals surface area contributed by atoms with Crippen LogP contribution in [0.25, 0.3) is 0 Å². The van der Waals surface area contributed by atoms with Crippen molar-refractivity contribution in [3.8, 4) is 0 Å². The predicted octanol–water partition coefficient (Wildman–Crippen LogP) is 5.08. The number of benzene rings is 2. The Balaban J connectivity index is 1.27. The second kappa shape index (κ2) is 13.6. The molecule has 3 aliphatic rings. The fourth-order valence-electron chi connectivity index (χ4n) is 7.02. The first-order valence-electron chi connectivity index (χ1n) is 15.2. The number of nitrogens with zero attached hydrogens (tertiary/aromatic N) is 1. The Morgan fingerprint density at radius 3 is 2.23 bits per heavy atom. The Morgan fingerprint density at radius 2 is 1.54 bits per heavy atom. The Morgan fingerprint density at radius 1 is 0.872 bits per heavy atom. The molecule has 6 heteroatoms. The number of amides is 2. The molecule has 3 fully saturated rings. The second-order valence-electron chi connectivity index (χ2n) is 11.8. The first-order chi connectivity index (χ1) is 19.1. The van der Waals surface area contributed by atoms with E-state index in [1.165, 1.54) is 24.0 Å². The van der Waals surface area contributed by atoms with Crippen molar-refractivity contribution in [2.45, 2.75) is 88.8 Å². The molecule has 1 aliphatic heterocycles. The number of piperidine rings is 1. The minimum absolute atomic E-state index is 0.0333. The average Bonchev–Trinajstić information content (AvgIpc) is 3.55. The summed E-state index contributed by atoms with van der Waals surface area (Å²) in [6.45, 7) is 2.51. The summed E-state index contributed by atoms with van der Waals surface area (Å²) in [7, 11) is 0. The number of rotatable bonds is 9. The Kier molecular flexibility index (Phi) is 9.70. The van der Waals surface area contributed by atoms with Gasteiger partial charge in [0.25, 0.3) is 0 Å². The van der Waals surface area contributed by atoms with Gasteiger partial charge in [-0.05, 0) is 74.2 Å². The van der Waals surface area contributed by atoms with Crippen molar-refractivity contribution >= 4 is 11.8 Å². The summed E-state index contributed by atoms with van der Waals surface area (Å²) in [5.74, 6) is 0.649. The van der Waals surface area contributed by atoms with Gasteiger partial charge in [0.05, 0.1) is 12.6 Å². The van der Waals surface area contributed by atoms with Crippen LogP contribution < -0.4 is 10.6 Å². The number of hydrogen-bond acceptors (Lipinski definition) is 4. The minimum atomic E-state index is -0.387. The molecule has 3 unspecified atom stereocenters. The maximum Gasteiger partial charge on any atom is 0.226 e. The standard InChI is InChI=1S/C33H45N3O3/c37-23-31(26-8-2-1-3-9-26)35-32(38)30-13-7-6-12-29(30)25-16-14-24(15-17-25)22-36(28-18-20-34-21-19-28)33(39)27-10-4-5-11-27/h1-3,8-9,14-17,27-31,34,37H,4-7,10-13,18-23H2,(H,35,38). The number of aliphatic hydroxyl groups is 1. The molecule has 2 amide bonds. The fourth-order valence-corrected chi connectivity index (χ4v) is 7.02.